The lowest BCUT2D eigenvalue weighted by molar-refractivity contribution is 0.253. The molecule has 2 unspecified atom stereocenters. The fourth-order valence-corrected chi connectivity index (χ4v) is 1.99. The van der Waals surface area contributed by atoms with Gasteiger partial charge in [-0.3, -0.25) is 0 Å². The van der Waals surface area contributed by atoms with Gasteiger partial charge in [0, 0.05) is 6.42 Å². The van der Waals surface area contributed by atoms with E-state index in [1.165, 1.54) is 64.2 Å². The maximum absolute atomic E-state index is 8.95. The maximum Gasteiger partial charge on any atom is 0.111 e. The van der Waals surface area contributed by atoms with Gasteiger partial charge in [0.1, 0.15) is 12.2 Å². The zero-order chi connectivity index (χ0) is 17.8. The van der Waals surface area contributed by atoms with Gasteiger partial charge in [-0.05, 0) is 33.2 Å². The molecule has 0 fully saturated rings. The van der Waals surface area contributed by atoms with Crippen molar-refractivity contribution in [1.29, 1.82) is 0 Å². The van der Waals surface area contributed by atoms with Crippen LogP contribution in [0.5, 0.6) is 0 Å². The third-order valence-electron chi connectivity index (χ3n) is 3.31. The van der Waals surface area contributed by atoms with Crippen molar-refractivity contribution in [3.8, 4) is 24.2 Å². The summed E-state index contributed by atoms with van der Waals surface area (Å²) in [7, 11) is 0. The molecule has 0 rings (SSSR count). The first-order valence-electron chi connectivity index (χ1n) is 9.05. The Morgan fingerprint density at radius 2 is 1.17 bits per heavy atom. The molecule has 0 aromatic rings. The minimum Gasteiger partial charge on any atom is -0.381 e. The van der Waals surface area contributed by atoms with Crippen molar-refractivity contribution in [2.75, 3.05) is 6.54 Å². The summed E-state index contributed by atoms with van der Waals surface area (Å²) in [5, 5.41) is 17.1. The number of hydrogen-bond donors (Lipinski definition) is 3. The van der Waals surface area contributed by atoms with Crippen LogP contribution in [0.25, 0.3) is 0 Å². The Hall–Kier alpha value is -1.00. The van der Waals surface area contributed by atoms with Crippen molar-refractivity contribution in [2.24, 2.45) is 5.73 Å². The fraction of sp³-hybridized carbons (Fsp3) is 0.800. The molecule has 0 aliphatic rings. The Kier molecular flexibility index (Phi) is 22.1. The number of hydrogen-bond acceptors (Lipinski definition) is 3. The molecule has 2 atom stereocenters. The number of unbranched alkanes of at least 4 members (excludes halogenated alkanes) is 10. The van der Waals surface area contributed by atoms with E-state index in [1.807, 2.05) is 0 Å². The van der Waals surface area contributed by atoms with E-state index in [4.69, 9.17) is 15.9 Å². The van der Waals surface area contributed by atoms with E-state index in [0.717, 1.165) is 13.0 Å². The second kappa shape index (κ2) is 21.0. The molecule has 3 heteroatoms. The number of aliphatic hydroxyl groups excluding tert-OH is 2. The van der Waals surface area contributed by atoms with Gasteiger partial charge in [0.15, 0.2) is 0 Å². The SMILES string of the molecule is C#CC(C)O.CC(O)C#CCCCCCCCCCCCCN. The van der Waals surface area contributed by atoms with Crippen LogP contribution in [-0.4, -0.2) is 29.0 Å². The molecule has 0 aromatic heterocycles. The first-order chi connectivity index (χ1) is 11.0. The molecule has 0 bridgehead atoms. The average molecular weight is 324 g/mol. The molecule has 0 heterocycles. The maximum atomic E-state index is 8.95. The number of aliphatic hydroxyl groups is 2. The molecule has 0 aliphatic carbocycles. The summed E-state index contributed by atoms with van der Waals surface area (Å²) in [5.41, 5.74) is 5.45. The zero-order valence-corrected chi connectivity index (χ0v) is 15.2. The molecule has 3 nitrogen and oxygen atoms in total. The van der Waals surface area contributed by atoms with Crippen molar-refractivity contribution >= 4 is 0 Å². The van der Waals surface area contributed by atoms with Crippen LogP contribution >= 0.6 is 0 Å². The molecule has 0 aliphatic heterocycles. The second-order valence-corrected chi connectivity index (χ2v) is 5.91. The summed E-state index contributed by atoms with van der Waals surface area (Å²) in [5.74, 6) is 7.87. The van der Waals surface area contributed by atoms with Crippen molar-refractivity contribution < 1.29 is 10.2 Å². The van der Waals surface area contributed by atoms with Crippen LogP contribution in [0.1, 0.15) is 84.5 Å². The summed E-state index contributed by atoms with van der Waals surface area (Å²) in [6.45, 7) is 4.10. The van der Waals surface area contributed by atoms with Crippen LogP contribution in [0.2, 0.25) is 0 Å². The summed E-state index contributed by atoms with van der Waals surface area (Å²) in [4.78, 5) is 0. The van der Waals surface area contributed by atoms with Crippen LogP contribution in [0, 0.1) is 24.2 Å². The molecule has 0 spiro atoms. The molecule has 23 heavy (non-hydrogen) atoms. The minimum atomic E-state index is -0.588. The Labute approximate surface area is 144 Å². The highest BCUT2D eigenvalue weighted by molar-refractivity contribution is 5.02. The van der Waals surface area contributed by atoms with Crippen LogP contribution in [0.15, 0.2) is 0 Å². The molecule has 0 amide bonds. The predicted molar refractivity (Wildman–Crippen MR) is 99.8 cm³/mol. The standard InChI is InChI=1S/C16H31NO.C4H6O/c1-16(18)14-12-10-8-6-4-2-3-5-7-9-11-13-15-17;1-3-4(2)5/h16,18H,2-11,13,15,17H2,1H3;1,4-5H,2H3. The average Bonchev–Trinajstić information content (AvgIpc) is 2.52. The second-order valence-electron chi connectivity index (χ2n) is 5.91. The number of rotatable bonds is 11. The quantitative estimate of drug-likeness (QED) is 0.402. The largest absolute Gasteiger partial charge is 0.381 e. The van der Waals surface area contributed by atoms with Crippen molar-refractivity contribution in [2.45, 2.75) is 96.7 Å². The van der Waals surface area contributed by atoms with Crippen LogP contribution in [0.3, 0.4) is 0 Å². The molecule has 134 valence electrons. The molecule has 4 N–H and O–H groups in total. The zero-order valence-electron chi connectivity index (χ0n) is 15.2. The summed E-state index contributed by atoms with van der Waals surface area (Å²) >= 11 is 0. The van der Waals surface area contributed by atoms with Crippen molar-refractivity contribution in [1.82, 2.24) is 0 Å². The lowest BCUT2D eigenvalue weighted by atomic mass is 10.1. The van der Waals surface area contributed by atoms with E-state index in [1.54, 1.807) is 13.8 Å². The van der Waals surface area contributed by atoms with Crippen molar-refractivity contribution in [3.63, 3.8) is 0 Å². The van der Waals surface area contributed by atoms with Gasteiger partial charge in [-0.1, -0.05) is 63.2 Å². The lowest BCUT2D eigenvalue weighted by Gasteiger charge is -2.01. The molecule has 0 radical (unpaired) electrons. The highest BCUT2D eigenvalue weighted by Crippen LogP contribution is 2.10. The van der Waals surface area contributed by atoms with Crippen molar-refractivity contribution in [3.05, 3.63) is 0 Å². The Morgan fingerprint density at radius 3 is 1.52 bits per heavy atom. The molecule has 0 saturated heterocycles. The van der Waals surface area contributed by atoms with E-state index in [0.29, 0.717) is 0 Å². The Balaban J connectivity index is 0. The predicted octanol–water partition coefficient (Wildman–Crippen LogP) is 3.62. The topological polar surface area (TPSA) is 66.5 Å². The first kappa shape index (κ1) is 24.3. The summed E-state index contributed by atoms with van der Waals surface area (Å²) in [6.07, 6.45) is 17.7. The highest BCUT2D eigenvalue weighted by atomic mass is 16.3. The third-order valence-corrected chi connectivity index (χ3v) is 3.31. The van der Waals surface area contributed by atoms with Crippen LogP contribution < -0.4 is 5.73 Å². The number of terminal acetylenes is 1. The third kappa shape index (κ3) is 29.6. The van der Waals surface area contributed by atoms with Gasteiger partial charge in [-0.25, -0.2) is 0 Å². The normalized spacial score (nSPS) is 12.2. The Morgan fingerprint density at radius 1 is 0.783 bits per heavy atom. The van der Waals surface area contributed by atoms with E-state index in [-0.39, 0.29) is 0 Å². The van der Waals surface area contributed by atoms with Gasteiger partial charge in [-0.15, -0.1) is 12.3 Å². The fourth-order valence-electron chi connectivity index (χ4n) is 1.99. The van der Waals surface area contributed by atoms with E-state index in [2.05, 4.69) is 24.2 Å². The first-order valence-corrected chi connectivity index (χ1v) is 9.05. The monoisotopic (exact) mass is 323 g/mol. The number of nitrogens with two attached hydrogens (primary N) is 1. The minimum absolute atomic E-state index is 0.468. The van der Waals surface area contributed by atoms with E-state index in [9.17, 15) is 0 Å². The molecule has 0 aromatic carbocycles. The van der Waals surface area contributed by atoms with Gasteiger partial charge in [0.25, 0.3) is 0 Å². The van der Waals surface area contributed by atoms with E-state index < -0.39 is 12.2 Å². The summed E-state index contributed by atoms with van der Waals surface area (Å²) in [6, 6.07) is 0. The van der Waals surface area contributed by atoms with E-state index >= 15 is 0 Å². The molecular weight excluding hydrogens is 286 g/mol. The smallest absolute Gasteiger partial charge is 0.111 e. The molecule has 0 saturated carbocycles. The van der Waals surface area contributed by atoms with Crippen LogP contribution in [-0.2, 0) is 0 Å². The van der Waals surface area contributed by atoms with Gasteiger partial charge in [0.2, 0.25) is 0 Å². The Bertz CT molecular complexity index is 321. The van der Waals surface area contributed by atoms with Gasteiger partial charge in [0.05, 0.1) is 0 Å². The highest BCUT2D eigenvalue weighted by Gasteiger charge is 1.92. The van der Waals surface area contributed by atoms with Crippen LogP contribution in [0.4, 0.5) is 0 Å². The summed E-state index contributed by atoms with van der Waals surface area (Å²) < 4.78 is 0. The lowest BCUT2D eigenvalue weighted by Crippen LogP contribution is -1.97. The molecular formula is C20H37NO2. The van der Waals surface area contributed by atoms with Gasteiger partial charge in [-0.2, -0.15) is 0 Å². The van der Waals surface area contributed by atoms with Gasteiger partial charge >= 0.3 is 0 Å². The van der Waals surface area contributed by atoms with Gasteiger partial charge < -0.3 is 15.9 Å².